The summed E-state index contributed by atoms with van der Waals surface area (Å²) in [6.07, 6.45) is 0.129. The fraction of sp³-hybridized carbons (Fsp3) is 0.800. The van der Waals surface area contributed by atoms with Crippen LogP contribution >= 0.6 is 34.8 Å². The molecule has 0 aromatic heterocycles. The van der Waals surface area contributed by atoms with Crippen molar-refractivity contribution in [3.8, 4) is 0 Å². The molecule has 0 spiro atoms. The van der Waals surface area contributed by atoms with Gasteiger partial charge in [0.15, 0.2) is 0 Å². The van der Waals surface area contributed by atoms with Gasteiger partial charge in [0.05, 0.1) is 12.8 Å². The number of carbonyl (C=O) groups is 2. The van der Waals surface area contributed by atoms with Gasteiger partial charge in [-0.15, -0.1) is 24.8 Å². The summed E-state index contributed by atoms with van der Waals surface area (Å²) >= 11 is 0. The van der Waals surface area contributed by atoms with Crippen LogP contribution in [0.3, 0.4) is 0 Å². The monoisotopic (exact) mass is 338 g/mol. The van der Waals surface area contributed by atoms with Crippen molar-refractivity contribution in [1.82, 2.24) is 0 Å². The number of carboxylic acids is 2. The van der Waals surface area contributed by atoms with Crippen molar-refractivity contribution in [2.24, 2.45) is 11.5 Å². The van der Waals surface area contributed by atoms with E-state index >= 15 is 0 Å². The molecule has 0 aliphatic rings. The second kappa shape index (κ2) is 12.8. The van der Waals surface area contributed by atoms with Crippen molar-refractivity contribution in [3.05, 3.63) is 0 Å². The first-order valence-electron chi connectivity index (χ1n) is 5.53. The van der Waals surface area contributed by atoms with Crippen molar-refractivity contribution in [2.45, 2.75) is 12.8 Å². The first kappa shape index (κ1) is 23.9. The van der Waals surface area contributed by atoms with Crippen molar-refractivity contribution in [3.63, 3.8) is 0 Å². The second-order valence-electron chi connectivity index (χ2n) is 3.91. The lowest BCUT2D eigenvalue weighted by atomic mass is 10.5. The maximum absolute atomic E-state index is 10.6. The molecule has 0 bridgehead atoms. The van der Waals surface area contributed by atoms with Crippen LogP contribution in [0.15, 0.2) is 0 Å². The van der Waals surface area contributed by atoms with E-state index in [1.807, 2.05) is 0 Å². The molecule has 0 aliphatic heterocycles. The lowest BCUT2D eigenvalue weighted by molar-refractivity contribution is -0.137. The summed E-state index contributed by atoms with van der Waals surface area (Å²) in [5, 5.41) is 17.5. The minimum Gasteiger partial charge on any atom is -0.481 e. The lowest BCUT2D eigenvalue weighted by Crippen LogP contribution is -2.27. The van der Waals surface area contributed by atoms with Gasteiger partial charge in [-0.25, -0.2) is 10.0 Å². The van der Waals surface area contributed by atoms with Crippen LogP contribution in [0, 0.1) is 0 Å². The largest absolute Gasteiger partial charge is 0.481 e. The Balaban J connectivity index is -0.00000128. The van der Waals surface area contributed by atoms with Crippen molar-refractivity contribution in [1.29, 1.82) is 0 Å². The van der Waals surface area contributed by atoms with Crippen LogP contribution in [0.5, 0.6) is 0 Å². The molecule has 9 heteroatoms. The molecule has 0 saturated heterocycles. The number of hydrogen-bond acceptors (Lipinski definition) is 4. The molecule has 118 valence electrons. The zero-order chi connectivity index (χ0) is 13.3. The zero-order valence-electron chi connectivity index (χ0n) is 10.7. The number of hydrogen-bond donors (Lipinski definition) is 4. The van der Waals surface area contributed by atoms with Crippen LogP contribution in [0.25, 0.3) is 0 Å². The highest BCUT2D eigenvalue weighted by Crippen LogP contribution is 2.48. The van der Waals surface area contributed by atoms with Gasteiger partial charge >= 0.3 is 11.9 Å². The van der Waals surface area contributed by atoms with Crippen molar-refractivity contribution < 1.29 is 19.8 Å². The normalized spacial score (nSPS) is 11.1. The van der Waals surface area contributed by atoms with Gasteiger partial charge in [0, 0.05) is 0 Å². The van der Waals surface area contributed by atoms with Crippen LogP contribution in [-0.4, -0.2) is 58.3 Å². The average molecular weight is 339 g/mol. The standard InChI is InChI=1S/C10H22N2O4S.2ClH/c11-3-7-17(8-4-12,5-1-9(13)14)6-2-10(15)16;;/h1-8,11-12H2,(H,13,14)(H,15,16);2*1H. The molecule has 0 aromatic carbocycles. The Bertz CT molecular complexity index is 244. The third-order valence-electron chi connectivity index (χ3n) is 2.60. The molecular formula is C10H24Cl2N2O4S. The molecule has 6 nitrogen and oxygen atoms in total. The highest BCUT2D eigenvalue weighted by atomic mass is 35.5. The van der Waals surface area contributed by atoms with Crippen LogP contribution < -0.4 is 11.5 Å². The number of carboxylic acid groups (broad SMARTS) is 2. The summed E-state index contributed by atoms with van der Waals surface area (Å²) in [4.78, 5) is 21.3. The Morgan fingerprint density at radius 3 is 1.32 bits per heavy atom. The maximum Gasteiger partial charge on any atom is 0.304 e. The predicted octanol–water partition coefficient (Wildman–Crippen LogP) is 0.501. The molecule has 0 radical (unpaired) electrons. The van der Waals surface area contributed by atoms with Gasteiger partial charge < -0.3 is 21.7 Å². The Kier molecular flexibility index (Phi) is 16.1. The van der Waals surface area contributed by atoms with E-state index in [2.05, 4.69) is 0 Å². The van der Waals surface area contributed by atoms with Gasteiger partial charge in [-0.3, -0.25) is 9.59 Å². The van der Waals surface area contributed by atoms with Gasteiger partial charge in [-0.1, -0.05) is 0 Å². The summed E-state index contributed by atoms with van der Waals surface area (Å²) < 4.78 is 0. The molecule has 0 rings (SSSR count). The van der Waals surface area contributed by atoms with E-state index in [9.17, 15) is 9.59 Å². The Morgan fingerprint density at radius 2 is 1.11 bits per heavy atom. The van der Waals surface area contributed by atoms with Crippen LogP contribution in [-0.2, 0) is 9.59 Å². The summed E-state index contributed by atoms with van der Waals surface area (Å²) in [5.74, 6) is 0.723. The molecule has 0 atom stereocenters. The van der Waals surface area contributed by atoms with Crippen LogP contribution in [0.1, 0.15) is 12.8 Å². The first-order chi connectivity index (χ1) is 7.95. The SMILES string of the molecule is Cl.Cl.NCCS(CCN)(CCC(=O)O)CCC(=O)O. The molecule has 19 heavy (non-hydrogen) atoms. The highest BCUT2D eigenvalue weighted by Gasteiger charge is 2.24. The topological polar surface area (TPSA) is 127 Å². The fourth-order valence-electron chi connectivity index (χ4n) is 1.72. The smallest absolute Gasteiger partial charge is 0.304 e. The lowest BCUT2D eigenvalue weighted by Gasteiger charge is -2.39. The average Bonchev–Trinajstić information content (AvgIpc) is 2.24. The number of rotatable bonds is 10. The quantitative estimate of drug-likeness (QED) is 0.459. The molecule has 0 saturated carbocycles. The maximum atomic E-state index is 10.6. The summed E-state index contributed by atoms with van der Waals surface area (Å²) in [6, 6.07) is 0. The summed E-state index contributed by atoms with van der Waals surface area (Å²) in [5.41, 5.74) is 11.1. The van der Waals surface area contributed by atoms with Gasteiger partial charge in [0.2, 0.25) is 0 Å². The van der Waals surface area contributed by atoms with E-state index in [1.54, 1.807) is 0 Å². The van der Waals surface area contributed by atoms with E-state index < -0.39 is 22.0 Å². The molecule has 0 aliphatic carbocycles. The third-order valence-corrected chi connectivity index (χ3v) is 6.94. The summed E-state index contributed by atoms with van der Waals surface area (Å²) in [7, 11) is -1.30. The third kappa shape index (κ3) is 11.3. The highest BCUT2D eigenvalue weighted by molar-refractivity contribution is 8.33. The number of nitrogens with two attached hydrogens (primary N) is 2. The second-order valence-corrected chi connectivity index (χ2v) is 7.99. The van der Waals surface area contributed by atoms with Crippen LogP contribution in [0.2, 0.25) is 0 Å². The van der Waals surface area contributed by atoms with Crippen molar-refractivity contribution >= 4 is 46.8 Å². The molecular weight excluding hydrogens is 315 g/mol. The fourth-order valence-corrected chi connectivity index (χ4v) is 5.16. The predicted molar refractivity (Wildman–Crippen MR) is 84.2 cm³/mol. The van der Waals surface area contributed by atoms with E-state index in [-0.39, 0.29) is 37.7 Å². The van der Waals surface area contributed by atoms with Gasteiger partial charge in [-0.2, -0.15) is 0 Å². The van der Waals surface area contributed by atoms with Gasteiger partial charge in [0.1, 0.15) is 0 Å². The minimum atomic E-state index is -1.30. The first-order valence-corrected chi connectivity index (χ1v) is 7.84. The van der Waals surface area contributed by atoms with Crippen molar-refractivity contribution in [2.75, 3.05) is 36.1 Å². The minimum absolute atomic E-state index is 0. The molecule has 6 N–H and O–H groups in total. The van der Waals surface area contributed by atoms with E-state index in [1.165, 1.54) is 0 Å². The number of halogens is 2. The molecule has 0 heterocycles. The Morgan fingerprint density at radius 1 is 0.789 bits per heavy atom. The number of aliphatic carboxylic acids is 2. The molecule has 0 amide bonds. The summed E-state index contributed by atoms with van der Waals surface area (Å²) in [6.45, 7) is 0.906. The molecule has 0 aromatic rings. The molecule has 0 fully saturated rings. The van der Waals surface area contributed by atoms with E-state index in [0.717, 1.165) is 0 Å². The van der Waals surface area contributed by atoms with E-state index in [4.69, 9.17) is 21.7 Å². The van der Waals surface area contributed by atoms with Gasteiger partial charge in [-0.05, 0) is 36.1 Å². The Labute approximate surface area is 127 Å². The zero-order valence-corrected chi connectivity index (χ0v) is 13.2. The van der Waals surface area contributed by atoms with Gasteiger partial charge in [0.25, 0.3) is 0 Å². The molecule has 0 unspecified atom stereocenters. The Hall–Kier alpha value is -0.210. The van der Waals surface area contributed by atoms with Crippen LogP contribution in [0.4, 0.5) is 0 Å². The van der Waals surface area contributed by atoms with E-state index in [0.29, 0.717) is 36.1 Å².